The molecule has 0 amide bonds. The fourth-order valence-corrected chi connectivity index (χ4v) is 2.70. The number of nitrogens with one attached hydrogen (secondary N) is 1. The van der Waals surface area contributed by atoms with E-state index in [4.69, 9.17) is 0 Å². The number of aliphatic imine (C=N–C) groups is 1. The van der Waals surface area contributed by atoms with Gasteiger partial charge in [0.25, 0.3) is 0 Å². The lowest BCUT2D eigenvalue weighted by Crippen LogP contribution is -2.04. The zero-order valence-electron chi connectivity index (χ0n) is 7.88. The molecule has 0 fully saturated rings. The number of amidine groups is 1. The third kappa shape index (κ3) is 2.51. The van der Waals surface area contributed by atoms with E-state index in [0.717, 1.165) is 27.6 Å². The van der Waals surface area contributed by atoms with Crippen LogP contribution >= 0.6 is 27.7 Å². The van der Waals surface area contributed by atoms with E-state index >= 15 is 0 Å². The molecule has 0 radical (unpaired) electrons. The Morgan fingerprint density at radius 3 is 2.93 bits per heavy atom. The van der Waals surface area contributed by atoms with Gasteiger partial charge < -0.3 is 5.32 Å². The first kappa shape index (κ1) is 10.1. The van der Waals surface area contributed by atoms with Gasteiger partial charge in [-0.1, -0.05) is 27.7 Å². The fourth-order valence-electron chi connectivity index (χ4n) is 1.34. The molecule has 0 aliphatic carbocycles. The summed E-state index contributed by atoms with van der Waals surface area (Å²) in [7, 11) is 0. The minimum Gasteiger partial charge on any atom is -0.335 e. The van der Waals surface area contributed by atoms with Crippen LogP contribution in [-0.2, 0) is 0 Å². The van der Waals surface area contributed by atoms with Gasteiger partial charge in [0.1, 0.15) is 0 Å². The van der Waals surface area contributed by atoms with Gasteiger partial charge in [-0.2, -0.15) is 0 Å². The van der Waals surface area contributed by atoms with Gasteiger partial charge in [0.2, 0.25) is 0 Å². The average Bonchev–Trinajstić information content (AvgIpc) is 2.54. The molecule has 0 saturated carbocycles. The molecule has 74 valence electrons. The van der Waals surface area contributed by atoms with Crippen molar-refractivity contribution in [2.24, 2.45) is 4.99 Å². The second-order valence-corrected chi connectivity index (χ2v) is 5.18. The van der Waals surface area contributed by atoms with Gasteiger partial charge in [-0.3, -0.25) is 4.99 Å². The van der Waals surface area contributed by atoms with Gasteiger partial charge in [-0.15, -0.1) is 0 Å². The number of anilines is 1. The van der Waals surface area contributed by atoms with Gasteiger partial charge in [-0.25, -0.2) is 0 Å². The minimum atomic E-state index is 0.931. The molecule has 1 aromatic rings. The number of hydrogen-bond donors (Lipinski definition) is 1. The number of hydrogen-bond acceptors (Lipinski definition) is 3. The van der Waals surface area contributed by atoms with E-state index < -0.39 is 0 Å². The average molecular weight is 271 g/mol. The Bertz CT molecular complexity index is 356. The molecule has 0 unspecified atom stereocenters. The van der Waals surface area contributed by atoms with E-state index in [0.29, 0.717) is 0 Å². The second-order valence-electron chi connectivity index (χ2n) is 3.18. The highest BCUT2D eigenvalue weighted by Gasteiger charge is 2.07. The first-order chi connectivity index (χ1) is 6.74. The first-order valence-corrected chi connectivity index (χ1v) is 6.23. The third-order valence-electron chi connectivity index (χ3n) is 1.88. The van der Waals surface area contributed by atoms with Crippen molar-refractivity contribution in [3.05, 3.63) is 28.2 Å². The van der Waals surface area contributed by atoms with Crippen LogP contribution in [0.2, 0.25) is 0 Å². The van der Waals surface area contributed by atoms with Crippen LogP contribution in [0.15, 0.2) is 27.7 Å². The maximum atomic E-state index is 4.34. The van der Waals surface area contributed by atoms with Crippen molar-refractivity contribution in [2.75, 3.05) is 17.6 Å². The van der Waals surface area contributed by atoms with Gasteiger partial charge in [-0.05, 0) is 30.7 Å². The first-order valence-electron chi connectivity index (χ1n) is 4.45. The van der Waals surface area contributed by atoms with Crippen molar-refractivity contribution in [2.45, 2.75) is 6.92 Å². The van der Waals surface area contributed by atoms with Crippen LogP contribution in [0.5, 0.6) is 0 Å². The highest BCUT2D eigenvalue weighted by Crippen LogP contribution is 2.21. The molecular formula is C10H11BrN2S. The molecule has 1 N–H and O–H groups in total. The number of halogens is 1. The Balaban J connectivity index is 2.15. The van der Waals surface area contributed by atoms with Crippen molar-refractivity contribution in [1.82, 2.24) is 0 Å². The van der Waals surface area contributed by atoms with E-state index in [2.05, 4.69) is 51.4 Å². The van der Waals surface area contributed by atoms with Crippen molar-refractivity contribution in [1.29, 1.82) is 0 Å². The van der Waals surface area contributed by atoms with Crippen LogP contribution in [0, 0.1) is 6.92 Å². The number of aryl methyl sites for hydroxylation is 1. The summed E-state index contributed by atoms with van der Waals surface area (Å²) in [6.07, 6.45) is 0. The maximum absolute atomic E-state index is 4.34. The molecule has 14 heavy (non-hydrogen) atoms. The lowest BCUT2D eigenvalue weighted by atomic mass is 10.2. The number of rotatable bonds is 1. The Morgan fingerprint density at radius 1 is 1.43 bits per heavy atom. The van der Waals surface area contributed by atoms with Gasteiger partial charge >= 0.3 is 0 Å². The van der Waals surface area contributed by atoms with Gasteiger partial charge in [0.05, 0.1) is 6.54 Å². The molecular weight excluding hydrogens is 260 g/mol. The zero-order chi connectivity index (χ0) is 9.97. The van der Waals surface area contributed by atoms with Crippen LogP contribution in [0.1, 0.15) is 5.56 Å². The minimum absolute atomic E-state index is 0.931. The van der Waals surface area contributed by atoms with E-state index in [1.807, 2.05) is 0 Å². The summed E-state index contributed by atoms with van der Waals surface area (Å²) in [6.45, 7) is 3.01. The summed E-state index contributed by atoms with van der Waals surface area (Å²) in [5.74, 6) is 1.09. The van der Waals surface area contributed by atoms with Crippen molar-refractivity contribution >= 4 is 38.5 Å². The molecule has 1 aliphatic rings. The lowest BCUT2D eigenvalue weighted by molar-refractivity contribution is 1.17. The summed E-state index contributed by atoms with van der Waals surface area (Å²) in [6, 6.07) is 6.27. The zero-order valence-corrected chi connectivity index (χ0v) is 10.3. The summed E-state index contributed by atoms with van der Waals surface area (Å²) >= 11 is 5.25. The standard InChI is InChI=1S/C10H11BrN2S/c1-7-4-8(11)6-9(5-7)13-10-12-2-3-14-10/h4-6H,2-3H2,1H3,(H,12,13). The predicted molar refractivity (Wildman–Crippen MR) is 67.3 cm³/mol. The van der Waals surface area contributed by atoms with Crippen molar-refractivity contribution < 1.29 is 0 Å². The Labute approximate surface area is 96.3 Å². The number of benzene rings is 1. The van der Waals surface area contributed by atoms with Gasteiger partial charge in [0.15, 0.2) is 5.17 Å². The molecule has 1 aliphatic heterocycles. The summed E-state index contributed by atoms with van der Waals surface area (Å²) in [5, 5.41) is 4.34. The molecule has 0 bridgehead atoms. The molecule has 0 aromatic heterocycles. The normalized spacial score (nSPS) is 15.4. The molecule has 0 atom stereocenters. The summed E-state index contributed by atoms with van der Waals surface area (Å²) in [5.41, 5.74) is 2.34. The summed E-state index contributed by atoms with van der Waals surface area (Å²) in [4.78, 5) is 4.34. The lowest BCUT2D eigenvalue weighted by Gasteiger charge is -2.06. The molecule has 1 aromatic carbocycles. The third-order valence-corrected chi connectivity index (χ3v) is 3.23. The topological polar surface area (TPSA) is 24.4 Å². The van der Waals surface area contributed by atoms with Gasteiger partial charge in [0, 0.05) is 15.9 Å². The smallest absolute Gasteiger partial charge is 0.161 e. The fraction of sp³-hybridized carbons (Fsp3) is 0.300. The predicted octanol–water partition coefficient (Wildman–Crippen LogP) is 3.27. The largest absolute Gasteiger partial charge is 0.335 e. The van der Waals surface area contributed by atoms with E-state index in [9.17, 15) is 0 Å². The molecule has 0 saturated heterocycles. The Hall–Kier alpha value is -0.480. The molecule has 2 rings (SSSR count). The monoisotopic (exact) mass is 270 g/mol. The highest BCUT2D eigenvalue weighted by atomic mass is 79.9. The van der Waals surface area contributed by atoms with Crippen LogP contribution in [0.4, 0.5) is 5.69 Å². The molecule has 0 spiro atoms. The van der Waals surface area contributed by atoms with Crippen LogP contribution in [0.25, 0.3) is 0 Å². The quantitative estimate of drug-likeness (QED) is 0.847. The van der Waals surface area contributed by atoms with Crippen LogP contribution in [-0.4, -0.2) is 17.5 Å². The maximum Gasteiger partial charge on any atom is 0.161 e. The molecule has 2 nitrogen and oxygen atoms in total. The second kappa shape index (κ2) is 4.36. The molecule has 4 heteroatoms. The highest BCUT2D eigenvalue weighted by molar-refractivity contribution is 9.10. The SMILES string of the molecule is Cc1cc(Br)cc(NC2=NCCS2)c1. The van der Waals surface area contributed by atoms with Crippen LogP contribution < -0.4 is 5.32 Å². The van der Waals surface area contributed by atoms with E-state index in [1.165, 1.54) is 5.56 Å². The number of thioether (sulfide) groups is 1. The Kier molecular flexibility index (Phi) is 3.13. The van der Waals surface area contributed by atoms with Crippen LogP contribution in [0.3, 0.4) is 0 Å². The summed E-state index contributed by atoms with van der Waals surface area (Å²) < 4.78 is 1.10. The number of nitrogens with zero attached hydrogens (tertiary/aromatic N) is 1. The van der Waals surface area contributed by atoms with E-state index in [-0.39, 0.29) is 0 Å². The van der Waals surface area contributed by atoms with Crippen molar-refractivity contribution in [3.63, 3.8) is 0 Å². The van der Waals surface area contributed by atoms with E-state index in [1.54, 1.807) is 11.8 Å². The molecule has 1 heterocycles. The van der Waals surface area contributed by atoms with Crippen molar-refractivity contribution in [3.8, 4) is 0 Å². The Morgan fingerprint density at radius 2 is 2.29 bits per heavy atom.